The lowest BCUT2D eigenvalue weighted by atomic mass is 10.2. The second-order valence-electron chi connectivity index (χ2n) is 4.28. The molecular formula is C13H18ClNO5S. The van der Waals surface area contributed by atoms with Gasteiger partial charge in [0.1, 0.15) is 17.3 Å². The van der Waals surface area contributed by atoms with Gasteiger partial charge < -0.3 is 14.7 Å². The molecule has 0 heterocycles. The third-order valence-corrected chi connectivity index (χ3v) is 4.36. The second-order valence-corrected chi connectivity index (χ2v) is 6.81. The minimum atomic E-state index is -4.08. The van der Waals surface area contributed by atoms with Crippen LogP contribution in [0.3, 0.4) is 0 Å². The van der Waals surface area contributed by atoms with E-state index in [1.807, 2.05) is 13.8 Å². The molecular weight excluding hydrogens is 318 g/mol. The van der Waals surface area contributed by atoms with Crippen molar-refractivity contribution in [1.82, 2.24) is 4.90 Å². The standard InChI is InChI=1S/C13H18ClNO5S/c1-3-15(4-2)7-8-20-11-6-5-10(13(16)17)9-12(11)21(14,18)19/h5-6,9H,3-4,7-8H2,1-2H3,(H,16,17). The van der Waals surface area contributed by atoms with Gasteiger partial charge in [-0.1, -0.05) is 13.8 Å². The first kappa shape index (κ1) is 17.7. The molecule has 118 valence electrons. The van der Waals surface area contributed by atoms with Crippen LogP contribution in [-0.2, 0) is 9.05 Å². The Kier molecular flexibility index (Phi) is 6.44. The maximum Gasteiger partial charge on any atom is 0.335 e. The van der Waals surface area contributed by atoms with E-state index in [-0.39, 0.29) is 22.8 Å². The fourth-order valence-electron chi connectivity index (χ4n) is 1.78. The molecule has 0 saturated carbocycles. The smallest absolute Gasteiger partial charge is 0.335 e. The molecule has 0 fully saturated rings. The number of rotatable bonds is 8. The summed E-state index contributed by atoms with van der Waals surface area (Å²) in [5.74, 6) is -1.17. The summed E-state index contributed by atoms with van der Waals surface area (Å²) in [4.78, 5) is 12.7. The highest BCUT2D eigenvalue weighted by molar-refractivity contribution is 8.13. The Labute approximate surface area is 128 Å². The molecule has 1 rings (SSSR count). The number of carboxylic acids is 1. The molecule has 21 heavy (non-hydrogen) atoms. The summed E-state index contributed by atoms with van der Waals surface area (Å²) in [5.41, 5.74) is -0.162. The van der Waals surface area contributed by atoms with Gasteiger partial charge in [-0.15, -0.1) is 0 Å². The minimum absolute atomic E-state index is 0.0576. The predicted octanol–water partition coefficient (Wildman–Crippen LogP) is 2.03. The summed E-state index contributed by atoms with van der Waals surface area (Å²) in [7, 11) is 1.24. The van der Waals surface area contributed by atoms with E-state index >= 15 is 0 Å². The highest BCUT2D eigenvalue weighted by Gasteiger charge is 2.19. The van der Waals surface area contributed by atoms with Crippen LogP contribution >= 0.6 is 10.7 Å². The molecule has 0 amide bonds. The van der Waals surface area contributed by atoms with E-state index in [0.29, 0.717) is 6.54 Å². The quantitative estimate of drug-likeness (QED) is 0.732. The maximum atomic E-state index is 11.5. The number of ether oxygens (including phenoxy) is 1. The summed E-state index contributed by atoms with van der Waals surface area (Å²) in [6.07, 6.45) is 0. The van der Waals surface area contributed by atoms with E-state index in [9.17, 15) is 13.2 Å². The predicted molar refractivity (Wildman–Crippen MR) is 79.7 cm³/mol. The number of likely N-dealkylation sites (N-methyl/N-ethyl adjacent to an activating group) is 1. The van der Waals surface area contributed by atoms with Crippen molar-refractivity contribution in [3.63, 3.8) is 0 Å². The van der Waals surface area contributed by atoms with Crippen LogP contribution < -0.4 is 4.74 Å². The van der Waals surface area contributed by atoms with Crippen molar-refractivity contribution in [3.05, 3.63) is 23.8 Å². The SMILES string of the molecule is CCN(CC)CCOc1ccc(C(=O)O)cc1S(=O)(=O)Cl. The molecule has 8 heteroatoms. The summed E-state index contributed by atoms with van der Waals surface area (Å²) < 4.78 is 28.5. The lowest BCUT2D eigenvalue weighted by Crippen LogP contribution is -2.28. The summed E-state index contributed by atoms with van der Waals surface area (Å²) in [6, 6.07) is 3.58. The molecule has 0 atom stereocenters. The summed E-state index contributed by atoms with van der Waals surface area (Å²) in [6.45, 7) is 6.67. The van der Waals surface area contributed by atoms with E-state index in [1.165, 1.54) is 12.1 Å². The molecule has 1 aromatic carbocycles. The number of hydrogen-bond donors (Lipinski definition) is 1. The van der Waals surface area contributed by atoms with Crippen LogP contribution in [-0.4, -0.2) is 50.6 Å². The molecule has 0 unspecified atom stereocenters. The van der Waals surface area contributed by atoms with Gasteiger partial charge in [0, 0.05) is 17.2 Å². The van der Waals surface area contributed by atoms with E-state index in [0.717, 1.165) is 19.2 Å². The Hall–Kier alpha value is -1.31. The van der Waals surface area contributed by atoms with Crippen LogP contribution in [0.15, 0.2) is 23.1 Å². The Morgan fingerprint density at radius 2 is 1.95 bits per heavy atom. The maximum absolute atomic E-state index is 11.5. The van der Waals surface area contributed by atoms with E-state index in [1.54, 1.807) is 0 Å². The molecule has 1 N–H and O–H groups in total. The van der Waals surface area contributed by atoms with Gasteiger partial charge in [0.2, 0.25) is 0 Å². The Bertz CT molecular complexity index is 599. The molecule has 1 aromatic rings. The van der Waals surface area contributed by atoms with Crippen molar-refractivity contribution in [3.8, 4) is 5.75 Å². The largest absolute Gasteiger partial charge is 0.491 e. The van der Waals surface area contributed by atoms with Crippen molar-refractivity contribution in [2.75, 3.05) is 26.2 Å². The first-order valence-electron chi connectivity index (χ1n) is 6.46. The lowest BCUT2D eigenvalue weighted by Gasteiger charge is -2.18. The number of hydrogen-bond acceptors (Lipinski definition) is 5. The van der Waals surface area contributed by atoms with Crippen LogP contribution in [0.25, 0.3) is 0 Å². The van der Waals surface area contributed by atoms with Crippen LogP contribution in [0.4, 0.5) is 0 Å². The van der Waals surface area contributed by atoms with Crippen LogP contribution in [0.5, 0.6) is 5.75 Å². The molecule has 0 radical (unpaired) electrons. The van der Waals surface area contributed by atoms with Gasteiger partial charge >= 0.3 is 5.97 Å². The van der Waals surface area contributed by atoms with Crippen molar-refractivity contribution < 1.29 is 23.1 Å². The van der Waals surface area contributed by atoms with Crippen LogP contribution in [0, 0.1) is 0 Å². The zero-order valence-corrected chi connectivity index (χ0v) is 13.4. The van der Waals surface area contributed by atoms with Gasteiger partial charge in [-0.05, 0) is 31.3 Å². The van der Waals surface area contributed by atoms with Gasteiger partial charge in [-0.3, -0.25) is 0 Å². The molecule has 0 aromatic heterocycles. The average molecular weight is 336 g/mol. The van der Waals surface area contributed by atoms with Crippen molar-refractivity contribution >= 4 is 25.7 Å². The number of aromatic carboxylic acids is 1. The van der Waals surface area contributed by atoms with Crippen molar-refractivity contribution in [2.45, 2.75) is 18.7 Å². The normalized spacial score (nSPS) is 11.6. The minimum Gasteiger partial charge on any atom is -0.491 e. The molecule has 0 aliphatic carbocycles. The zero-order valence-electron chi connectivity index (χ0n) is 11.9. The third-order valence-electron chi connectivity index (χ3n) is 3.01. The molecule has 0 aliphatic heterocycles. The second kappa shape index (κ2) is 7.63. The van der Waals surface area contributed by atoms with Crippen LogP contribution in [0.2, 0.25) is 0 Å². The van der Waals surface area contributed by atoms with E-state index in [4.69, 9.17) is 20.5 Å². The molecule has 0 saturated heterocycles. The highest BCUT2D eigenvalue weighted by atomic mass is 35.7. The molecule has 0 bridgehead atoms. The van der Waals surface area contributed by atoms with E-state index < -0.39 is 15.0 Å². The highest BCUT2D eigenvalue weighted by Crippen LogP contribution is 2.28. The lowest BCUT2D eigenvalue weighted by molar-refractivity contribution is 0.0696. The van der Waals surface area contributed by atoms with E-state index in [2.05, 4.69) is 4.90 Å². The summed E-state index contributed by atoms with van der Waals surface area (Å²) >= 11 is 0. The Balaban J connectivity index is 2.94. The van der Waals surface area contributed by atoms with Gasteiger partial charge in [-0.2, -0.15) is 0 Å². The molecule has 0 aliphatic rings. The summed E-state index contributed by atoms with van der Waals surface area (Å²) in [5, 5.41) is 8.89. The number of carbonyl (C=O) groups is 1. The molecule has 0 spiro atoms. The first-order valence-corrected chi connectivity index (χ1v) is 8.77. The topological polar surface area (TPSA) is 83.9 Å². The number of carboxylic acid groups (broad SMARTS) is 1. The van der Waals surface area contributed by atoms with Crippen LogP contribution in [0.1, 0.15) is 24.2 Å². The number of nitrogens with zero attached hydrogens (tertiary/aromatic N) is 1. The monoisotopic (exact) mass is 335 g/mol. The third kappa shape index (κ3) is 5.18. The number of halogens is 1. The van der Waals surface area contributed by atoms with Gasteiger partial charge in [-0.25, -0.2) is 13.2 Å². The average Bonchev–Trinajstić information content (AvgIpc) is 2.42. The first-order chi connectivity index (χ1) is 9.79. The Morgan fingerprint density at radius 3 is 2.43 bits per heavy atom. The Morgan fingerprint density at radius 1 is 1.33 bits per heavy atom. The van der Waals surface area contributed by atoms with Crippen molar-refractivity contribution in [1.29, 1.82) is 0 Å². The van der Waals surface area contributed by atoms with Gasteiger partial charge in [0.25, 0.3) is 9.05 Å². The van der Waals surface area contributed by atoms with Gasteiger partial charge in [0.15, 0.2) is 0 Å². The van der Waals surface area contributed by atoms with Crippen molar-refractivity contribution in [2.24, 2.45) is 0 Å². The molecule has 6 nitrogen and oxygen atoms in total. The fraction of sp³-hybridized carbons (Fsp3) is 0.462. The number of benzene rings is 1. The fourth-order valence-corrected chi connectivity index (χ4v) is 2.77. The zero-order chi connectivity index (χ0) is 16.0. The van der Waals surface area contributed by atoms with Gasteiger partial charge in [0.05, 0.1) is 5.56 Å².